The third kappa shape index (κ3) is 2.78. The molecule has 0 atom stereocenters. The zero-order chi connectivity index (χ0) is 13.0. The lowest BCUT2D eigenvalue weighted by molar-refractivity contribution is 0.103. The van der Waals surface area contributed by atoms with E-state index in [0.29, 0.717) is 10.0 Å². The second-order valence-corrected chi connectivity index (χ2v) is 4.58. The van der Waals surface area contributed by atoms with Crippen LogP contribution < -0.4 is 16.4 Å². The molecule has 0 aliphatic rings. The van der Waals surface area contributed by atoms with Crippen LogP contribution in [0.3, 0.4) is 0 Å². The molecule has 1 aromatic heterocycles. The second kappa shape index (κ2) is 5.50. The molecule has 0 spiro atoms. The van der Waals surface area contributed by atoms with Crippen LogP contribution in [0.4, 0.5) is 16.6 Å². The molecule has 0 radical (unpaired) electrons. The fourth-order valence-electron chi connectivity index (χ4n) is 1.43. The van der Waals surface area contributed by atoms with Gasteiger partial charge in [-0.2, -0.15) is 0 Å². The van der Waals surface area contributed by atoms with E-state index in [-0.39, 0.29) is 11.7 Å². The van der Waals surface area contributed by atoms with Crippen LogP contribution in [0.25, 0.3) is 0 Å². The van der Waals surface area contributed by atoms with Crippen LogP contribution in [0, 0.1) is 0 Å². The summed E-state index contributed by atoms with van der Waals surface area (Å²) in [4.78, 5) is 16.5. The largest absolute Gasteiger partial charge is 0.382 e. The molecular weight excluding hydrogens is 248 g/mol. The van der Waals surface area contributed by atoms with Crippen molar-refractivity contribution in [3.8, 4) is 0 Å². The van der Waals surface area contributed by atoms with Gasteiger partial charge in [-0.15, -0.1) is 0 Å². The Morgan fingerprint density at radius 2 is 2.11 bits per heavy atom. The standard InChI is InChI=1S/C12H14N4OS/c1-2-14-12-16-10(13)9(18-12)11(17)15-8-6-4-3-5-7-8/h3-7H,2,13H2,1H3,(H,14,16)(H,15,17). The molecule has 0 aliphatic heterocycles. The van der Waals surface area contributed by atoms with Crippen LogP contribution >= 0.6 is 11.3 Å². The molecule has 1 heterocycles. The van der Waals surface area contributed by atoms with Crippen molar-refractivity contribution >= 4 is 33.9 Å². The Bertz CT molecular complexity index is 538. The molecule has 0 unspecified atom stereocenters. The van der Waals surface area contributed by atoms with Gasteiger partial charge in [0.15, 0.2) is 5.13 Å². The summed E-state index contributed by atoms with van der Waals surface area (Å²) in [6, 6.07) is 9.24. The maximum atomic E-state index is 12.0. The van der Waals surface area contributed by atoms with Gasteiger partial charge in [0, 0.05) is 12.2 Å². The quantitative estimate of drug-likeness (QED) is 0.790. The van der Waals surface area contributed by atoms with Gasteiger partial charge >= 0.3 is 0 Å². The number of amides is 1. The van der Waals surface area contributed by atoms with Gasteiger partial charge in [-0.3, -0.25) is 4.79 Å². The molecule has 1 amide bonds. The van der Waals surface area contributed by atoms with E-state index in [0.717, 1.165) is 12.2 Å². The van der Waals surface area contributed by atoms with Crippen molar-refractivity contribution in [3.05, 3.63) is 35.2 Å². The van der Waals surface area contributed by atoms with E-state index in [1.54, 1.807) is 0 Å². The average Bonchev–Trinajstić information content (AvgIpc) is 2.72. The lowest BCUT2D eigenvalue weighted by Gasteiger charge is -2.02. The van der Waals surface area contributed by atoms with E-state index < -0.39 is 0 Å². The summed E-state index contributed by atoms with van der Waals surface area (Å²) < 4.78 is 0. The van der Waals surface area contributed by atoms with E-state index in [1.165, 1.54) is 11.3 Å². The monoisotopic (exact) mass is 262 g/mol. The summed E-state index contributed by atoms with van der Waals surface area (Å²) in [6.07, 6.45) is 0. The third-order valence-corrected chi connectivity index (χ3v) is 3.25. The van der Waals surface area contributed by atoms with Gasteiger partial charge in [0.05, 0.1) is 0 Å². The highest BCUT2D eigenvalue weighted by Crippen LogP contribution is 2.25. The highest BCUT2D eigenvalue weighted by Gasteiger charge is 2.15. The van der Waals surface area contributed by atoms with E-state index >= 15 is 0 Å². The maximum absolute atomic E-state index is 12.0. The van der Waals surface area contributed by atoms with Gasteiger partial charge < -0.3 is 16.4 Å². The summed E-state index contributed by atoms with van der Waals surface area (Å²) >= 11 is 1.25. The average molecular weight is 262 g/mol. The van der Waals surface area contributed by atoms with Crippen LogP contribution in [0.1, 0.15) is 16.6 Å². The third-order valence-electron chi connectivity index (χ3n) is 2.22. The molecule has 4 N–H and O–H groups in total. The molecule has 94 valence electrons. The number of para-hydroxylation sites is 1. The number of thiazole rings is 1. The topological polar surface area (TPSA) is 80.0 Å². The zero-order valence-electron chi connectivity index (χ0n) is 9.93. The SMILES string of the molecule is CCNc1nc(N)c(C(=O)Nc2ccccc2)s1. The molecule has 2 rings (SSSR count). The molecule has 0 aliphatic carbocycles. The molecule has 6 heteroatoms. The second-order valence-electron chi connectivity index (χ2n) is 3.58. The highest BCUT2D eigenvalue weighted by atomic mass is 32.1. The molecule has 0 saturated heterocycles. The number of anilines is 3. The van der Waals surface area contributed by atoms with Crippen molar-refractivity contribution < 1.29 is 4.79 Å². The Morgan fingerprint density at radius 1 is 1.39 bits per heavy atom. The number of nitrogen functional groups attached to an aromatic ring is 1. The fraction of sp³-hybridized carbons (Fsp3) is 0.167. The van der Waals surface area contributed by atoms with E-state index in [1.807, 2.05) is 37.3 Å². The number of aromatic nitrogens is 1. The number of benzene rings is 1. The van der Waals surface area contributed by atoms with E-state index in [9.17, 15) is 4.79 Å². The summed E-state index contributed by atoms with van der Waals surface area (Å²) in [6.45, 7) is 2.70. The summed E-state index contributed by atoms with van der Waals surface area (Å²) in [5.74, 6) is 0.0183. The number of hydrogen-bond acceptors (Lipinski definition) is 5. The smallest absolute Gasteiger partial charge is 0.269 e. The van der Waals surface area contributed by atoms with Gasteiger partial charge in [-0.25, -0.2) is 4.98 Å². The van der Waals surface area contributed by atoms with Crippen molar-refractivity contribution in [2.24, 2.45) is 0 Å². The van der Waals surface area contributed by atoms with Crippen LogP contribution in [0.2, 0.25) is 0 Å². The number of carbonyl (C=O) groups excluding carboxylic acids is 1. The van der Waals surface area contributed by atoms with Crippen molar-refractivity contribution in [2.75, 3.05) is 22.9 Å². The molecule has 1 aromatic carbocycles. The van der Waals surface area contributed by atoms with Gasteiger partial charge in [0.2, 0.25) is 0 Å². The van der Waals surface area contributed by atoms with Gasteiger partial charge in [-0.05, 0) is 19.1 Å². The predicted molar refractivity (Wildman–Crippen MR) is 75.1 cm³/mol. The number of nitrogens with one attached hydrogen (secondary N) is 2. The molecule has 0 fully saturated rings. The first-order chi connectivity index (χ1) is 8.70. The molecule has 18 heavy (non-hydrogen) atoms. The van der Waals surface area contributed by atoms with E-state index in [4.69, 9.17) is 5.73 Å². The van der Waals surface area contributed by atoms with Gasteiger partial charge in [0.1, 0.15) is 10.7 Å². The first-order valence-electron chi connectivity index (χ1n) is 5.57. The number of nitrogens with two attached hydrogens (primary N) is 1. The van der Waals surface area contributed by atoms with Crippen LogP contribution in [0.5, 0.6) is 0 Å². The Balaban J connectivity index is 2.14. The highest BCUT2D eigenvalue weighted by molar-refractivity contribution is 7.18. The zero-order valence-corrected chi connectivity index (χ0v) is 10.8. The number of rotatable bonds is 4. The minimum absolute atomic E-state index is 0.236. The van der Waals surface area contributed by atoms with Gasteiger partial charge in [-0.1, -0.05) is 29.5 Å². The Labute approximate surface area is 109 Å². The number of nitrogens with zero attached hydrogens (tertiary/aromatic N) is 1. The molecule has 0 saturated carbocycles. The summed E-state index contributed by atoms with van der Waals surface area (Å²) in [5, 5.41) is 6.47. The Kier molecular flexibility index (Phi) is 3.78. The van der Waals surface area contributed by atoms with E-state index in [2.05, 4.69) is 15.6 Å². The van der Waals surface area contributed by atoms with Crippen molar-refractivity contribution in [1.29, 1.82) is 0 Å². The number of hydrogen-bond donors (Lipinski definition) is 3. The lowest BCUT2D eigenvalue weighted by Crippen LogP contribution is -2.11. The van der Waals surface area contributed by atoms with Crippen molar-refractivity contribution in [1.82, 2.24) is 4.98 Å². The maximum Gasteiger partial charge on any atom is 0.269 e. The fourth-order valence-corrected chi connectivity index (χ4v) is 2.28. The minimum Gasteiger partial charge on any atom is -0.382 e. The normalized spacial score (nSPS) is 10.1. The first-order valence-corrected chi connectivity index (χ1v) is 6.39. The van der Waals surface area contributed by atoms with Crippen molar-refractivity contribution in [3.63, 3.8) is 0 Å². The van der Waals surface area contributed by atoms with Crippen LogP contribution in [-0.4, -0.2) is 17.4 Å². The van der Waals surface area contributed by atoms with Gasteiger partial charge in [0.25, 0.3) is 5.91 Å². The molecular formula is C12H14N4OS. The van der Waals surface area contributed by atoms with Crippen molar-refractivity contribution in [2.45, 2.75) is 6.92 Å². The number of carbonyl (C=O) groups is 1. The Hall–Kier alpha value is -2.08. The van der Waals surface area contributed by atoms with Crippen LogP contribution in [-0.2, 0) is 0 Å². The molecule has 5 nitrogen and oxygen atoms in total. The van der Waals surface area contributed by atoms with Crippen LogP contribution in [0.15, 0.2) is 30.3 Å². The predicted octanol–water partition coefficient (Wildman–Crippen LogP) is 2.41. The first kappa shape index (κ1) is 12.4. The molecule has 2 aromatic rings. The lowest BCUT2D eigenvalue weighted by atomic mass is 10.3. The summed E-state index contributed by atoms with van der Waals surface area (Å²) in [5.41, 5.74) is 6.46. The molecule has 0 bridgehead atoms. The Morgan fingerprint density at radius 3 is 2.78 bits per heavy atom. The summed E-state index contributed by atoms with van der Waals surface area (Å²) in [7, 11) is 0. The minimum atomic E-state index is -0.236.